The third kappa shape index (κ3) is 1.19. The second-order valence-corrected chi connectivity index (χ2v) is 4.61. The summed E-state index contributed by atoms with van der Waals surface area (Å²) in [5.74, 6) is 0. The number of rotatable bonds is 0. The molecule has 18 heavy (non-hydrogen) atoms. The summed E-state index contributed by atoms with van der Waals surface area (Å²) in [4.78, 5) is 4.36. The molecule has 0 radical (unpaired) electrons. The predicted molar refractivity (Wildman–Crippen MR) is 61.2 cm³/mol. The van der Waals surface area contributed by atoms with Crippen molar-refractivity contribution in [1.29, 1.82) is 0 Å². The van der Waals surface area contributed by atoms with Gasteiger partial charge in [0.05, 0.1) is 11.0 Å². The highest BCUT2D eigenvalue weighted by Crippen LogP contribution is 2.38. The molecule has 3 heterocycles. The fourth-order valence-corrected chi connectivity index (χ4v) is 2.61. The average molecular weight is 248 g/mol. The summed E-state index contributed by atoms with van der Waals surface area (Å²) in [7, 11) is 0. The number of aliphatic hydroxyl groups is 2. The lowest BCUT2D eigenvalue weighted by atomic mass is 10.1. The minimum Gasteiger partial charge on any atom is -0.462 e. The molecule has 2 aromatic rings. The highest BCUT2D eigenvalue weighted by molar-refractivity contribution is 5.76. The van der Waals surface area contributed by atoms with Gasteiger partial charge in [-0.2, -0.15) is 4.98 Å². The fourth-order valence-electron chi connectivity index (χ4n) is 2.61. The van der Waals surface area contributed by atoms with E-state index in [0.717, 1.165) is 11.0 Å². The van der Waals surface area contributed by atoms with Gasteiger partial charge in [-0.3, -0.25) is 4.57 Å². The summed E-state index contributed by atoms with van der Waals surface area (Å²) in [6, 6.07) is 7.96. The Kier molecular flexibility index (Phi) is 1.97. The van der Waals surface area contributed by atoms with Crippen molar-refractivity contribution in [2.75, 3.05) is 6.61 Å². The van der Waals surface area contributed by atoms with Crippen LogP contribution in [0.25, 0.3) is 11.0 Å². The molecule has 0 aliphatic carbocycles. The van der Waals surface area contributed by atoms with Gasteiger partial charge in [0.1, 0.15) is 24.9 Å². The van der Waals surface area contributed by atoms with Crippen LogP contribution in [0.1, 0.15) is 6.23 Å². The molecule has 2 bridgehead atoms. The van der Waals surface area contributed by atoms with Gasteiger partial charge in [0.2, 0.25) is 0 Å². The Bertz CT molecular complexity index is 611. The highest BCUT2D eigenvalue weighted by Gasteiger charge is 2.47. The van der Waals surface area contributed by atoms with Crippen LogP contribution in [0, 0.1) is 0 Å². The fraction of sp³-hybridized carbons (Fsp3) is 0.417. The summed E-state index contributed by atoms with van der Waals surface area (Å²) < 4.78 is 12.9. The van der Waals surface area contributed by atoms with Gasteiger partial charge in [0, 0.05) is 0 Å². The number of nitrogens with zero attached hydrogens (tertiary/aromatic N) is 2. The number of ether oxygens (including phenoxy) is 2. The van der Waals surface area contributed by atoms with E-state index in [1.165, 1.54) is 0 Å². The maximum atomic E-state index is 10.0. The molecule has 6 heteroatoms. The summed E-state index contributed by atoms with van der Waals surface area (Å²) in [5, 5.41) is 19.9. The second-order valence-electron chi connectivity index (χ2n) is 4.61. The second kappa shape index (κ2) is 3.44. The quantitative estimate of drug-likeness (QED) is 0.688. The van der Waals surface area contributed by atoms with Gasteiger partial charge in [-0.1, -0.05) is 12.1 Å². The number of aliphatic hydroxyl groups excluding tert-OH is 2. The van der Waals surface area contributed by atoms with E-state index in [1.807, 2.05) is 24.3 Å². The van der Waals surface area contributed by atoms with E-state index < -0.39 is 24.5 Å². The third-order valence-corrected chi connectivity index (χ3v) is 3.53. The van der Waals surface area contributed by atoms with E-state index in [4.69, 9.17) is 9.47 Å². The Balaban J connectivity index is 1.96. The molecule has 4 rings (SSSR count). The molecule has 0 saturated carbocycles. The van der Waals surface area contributed by atoms with Gasteiger partial charge in [-0.05, 0) is 12.1 Å². The van der Waals surface area contributed by atoms with Gasteiger partial charge in [-0.15, -0.1) is 0 Å². The van der Waals surface area contributed by atoms with Gasteiger partial charge < -0.3 is 19.7 Å². The smallest absolute Gasteiger partial charge is 0.299 e. The Hall–Kier alpha value is -1.63. The molecule has 1 aromatic carbocycles. The van der Waals surface area contributed by atoms with Crippen LogP contribution in [0.3, 0.4) is 0 Å². The van der Waals surface area contributed by atoms with E-state index in [2.05, 4.69) is 4.98 Å². The number of aromatic nitrogens is 2. The Morgan fingerprint density at radius 1 is 1.22 bits per heavy atom. The first-order valence-corrected chi connectivity index (χ1v) is 5.87. The molecular weight excluding hydrogens is 236 g/mol. The Morgan fingerprint density at radius 2 is 2.06 bits per heavy atom. The minimum atomic E-state index is -0.963. The number of imidazole rings is 1. The van der Waals surface area contributed by atoms with Crippen LogP contribution in [0.4, 0.5) is 0 Å². The largest absolute Gasteiger partial charge is 0.462 e. The van der Waals surface area contributed by atoms with Gasteiger partial charge in [-0.25, -0.2) is 0 Å². The van der Waals surface area contributed by atoms with E-state index in [1.54, 1.807) is 4.57 Å². The van der Waals surface area contributed by atoms with E-state index in [-0.39, 0.29) is 6.61 Å². The molecule has 1 aromatic heterocycles. The number of hydrogen-bond donors (Lipinski definition) is 2. The van der Waals surface area contributed by atoms with Crippen LogP contribution in [-0.4, -0.2) is 44.7 Å². The maximum absolute atomic E-state index is 10.0. The number of para-hydroxylation sites is 2. The molecule has 1 fully saturated rings. The predicted octanol–water partition coefficient (Wildman–Crippen LogP) is 0.0479. The van der Waals surface area contributed by atoms with Crippen molar-refractivity contribution in [3.05, 3.63) is 24.3 Å². The summed E-state index contributed by atoms with van der Waals surface area (Å²) in [6.07, 6.45) is -3.04. The van der Waals surface area contributed by atoms with Gasteiger partial charge in [0.15, 0.2) is 6.23 Å². The molecule has 94 valence electrons. The van der Waals surface area contributed by atoms with Crippen LogP contribution >= 0.6 is 0 Å². The van der Waals surface area contributed by atoms with Crippen LogP contribution in [0.15, 0.2) is 24.3 Å². The number of hydrogen-bond acceptors (Lipinski definition) is 5. The first-order chi connectivity index (χ1) is 8.75. The lowest BCUT2D eigenvalue weighted by molar-refractivity contribution is -0.0293. The number of fused-ring (bicyclic) bond motifs is 6. The van der Waals surface area contributed by atoms with Crippen molar-refractivity contribution < 1.29 is 19.7 Å². The van der Waals surface area contributed by atoms with Crippen molar-refractivity contribution in [1.82, 2.24) is 9.55 Å². The standard InChI is InChI=1S/C12H12N2O4/c15-9-8-5-17-12-13-6-3-1-2-4-7(6)14(12)11(18-8)10(9)16/h1-4,8-11,15-16H,5H2/t8-,9+,10+,11+/m0/s1. The van der Waals surface area contributed by atoms with Crippen molar-refractivity contribution >= 4 is 11.0 Å². The molecule has 2 aliphatic heterocycles. The lowest BCUT2D eigenvalue weighted by Gasteiger charge is -2.19. The van der Waals surface area contributed by atoms with Crippen molar-refractivity contribution in [3.8, 4) is 6.01 Å². The monoisotopic (exact) mass is 248 g/mol. The lowest BCUT2D eigenvalue weighted by Crippen LogP contribution is -2.36. The summed E-state index contributed by atoms with van der Waals surface area (Å²) in [5.41, 5.74) is 1.61. The molecule has 0 unspecified atom stereocenters. The van der Waals surface area contributed by atoms with E-state index in [0.29, 0.717) is 6.01 Å². The molecule has 4 atom stereocenters. The molecule has 2 N–H and O–H groups in total. The molecule has 6 nitrogen and oxygen atoms in total. The third-order valence-electron chi connectivity index (χ3n) is 3.53. The number of benzene rings is 1. The Morgan fingerprint density at radius 3 is 2.94 bits per heavy atom. The van der Waals surface area contributed by atoms with Crippen LogP contribution in [-0.2, 0) is 4.74 Å². The highest BCUT2D eigenvalue weighted by atomic mass is 16.6. The molecule has 0 spiro atoms. The minimum absolute atomic E-state index is 0.193. The molecular formula is C12H12N2O4. The van der Waals surface area contributed by atoms with Crippen molar-refractivity contribution in [2.24, 2.45) is 0 Å². The zero-order valence-electron chi connectivity index (χ0n) is 9.43. The first-order valence-electron chi connectivity index (χ1n) is 5.87. The zero-order valence-corrected chi connectivity index (χ0v) is 9.43. The molecule has 1 saturated heterocycles. The molecule has 0 amide bonds. The summed E-state index contributed by atoms with van der Waals surface area (Å²) in [6.45, 7) is 0.193. The van der Waals surface area contributed by atoms with Gasteiger partial charge >= 0.3 is 0 Å². The topological polar surface area (TPSA) is 76.7 Å². The zero-order chi connectivity index (χ0) is 12.3. The van der Waals surface area contributed by atoms with Crippen molar-refractivity contribution in [2.45, 2.75) is 24.5 Å². The van der Waals surface area contributed by atoms with Crippen molar-refractivity contribution in [3.63, 3.8) is 0 Å². The van der Waals surface area contributed by atoms with Crippen LogP contribution in [0.2, 0.25) is 0 Å². The van der Waals surface area contributed by atoms with E-state index in [9.17, 15) is 10.2 Å². The van der Waals surface area contributed by atoms with Crippen LogP contribution in [0.5, 0.6) is 6.01 Å². The Labute approximate surface area is 102 Å². The average Bonchev–Trinajstić information content (AvgIpc) is 2.80. The molecule has 2 aliphatic rings. The normalized spacial score (nSPS) is 34.1. The summed E-state index contributed by atoms with van der Waals surface area (Å²) >= 11 is 0. The van der Waals surface area contributed by atoms with E-state index >= 15 is 0 Å². The maximum Gasteiger partial charge on any atom is 0.299 e. The van der Waals surface area contributed by atoms with Crippen LogP contribution < -0.4 is 4.74 Å². The first kappa shape index (κ1) is 10.3. The SMILES string of the molecule is O[C@@H]1[C@H](O)[C@@H]2COc3nc4ccccc4n3[C@@H]1O2. The van der Waals surface area contributed by atoms with Gasteiger partial charge in [0.25, 0.3) is 6.01 Å².